The molecule has 1 aliphatic heterocycles. The van der Waals surface area contributed by atoms with Gasteiger partial charge in [0, 0.05) is 0 Å². The van der Waals surface area contributed by atoms with Gasteiger partial charge in [-0.15, -0.1) is 0 Å². The largest absolute Gasteiger partial charge is 0.316 e. The van der Waals surface area contributed by atoms with E-state index in [4.69, 9.17) is 0 Å². The molecule has 2 unspecified atom stereocenters. The molecule has 0 saturated carbocycles. The maximum Gasteiger partial charge on any atom is -0.00179 e. The molecule has 13 heavy (non-hydrogen) atoms. The summed E-state index contributed by atoms with van der Waals surface area (Å²) in [6, 6.07) is 0. The van der Waals surface area contributed by atoms with Gasteiger partial charge in [-0.1, -0.05) is 40.0 Å². The van der Waals surface area contributed by atoms with Crippen molar-refractivity contribution in [2.24, 2.45) is 11.3 Å². The molecule has 0 aromatic heterocycles. The molecule has 0 spiro atoms. The summed E-state index contributed by atoms with van der Waals surface area (Å²) >= 11 is 0. The summed E-state index contributed by atoms with van der Waals surface area (Å²) in [6.45, 7) is 9.62. The van der Waals surface area contributed by atoms with Crippen molar-refractivity contribution in [1.82, 2.24) is 5.32 Å². The number of hydrogen-bond donors (Lipinski definition) is 1. The van der Waals surface area contributed by atoms with Gasteiger partial charge in [-0.3, -0.25) is 0 Å². The second-order valence-corrected chi connectivity index (χ2v) is 4.97. The van der Waals surface area contributed by atoms with Crippen LogP contribution in [0.3, 0.4) is 0 Å². The van der Waals surface area contributed by atoms with Crippen LogP contribution in [0.4, 0.5) is 0 Å². The third-order valence-electron chi connectivity index (χ3n) is 3.86. The normalized spacial score (nSPS) is 34.8. The Morgan fingerprint density at radius 2 is 2.15 bits per heavy atom. The minimum atomic E-state index is 0.625. The second kappa shape index (κ2) is 4.99. The molecule has 0 aliphatic carbocycles. The highest BCUT2D eigenvalue weighted by Crippen LogP contribution is 2.38. The van der Waals surface area contributed by atoms with E-state index in [1.807, 2.05) is 0 Å². The third-order valence-corrected chi connectivity index (χ3v) is 3.86. The van der Waals surface area contributed by atoms with Crippen LogP contribution in [0.5, 0.6) is 0 Å². The number of unbranched alkanes of at least 4 members (excludes halogenated alkanes) is 2. The zero-order chi connectivity index (χ0) is 9.73. The van der Waals surface area contributed by atoms with Crippen LogP contribution < -0.4 is 5.32 Å². The molecular weight excluding hydrogens is 158 g/mol. The van der Waals surface area contributed by atoms with Crippen molar-refractivity contribution in [2.45, 2.75) is 52.9 Å². The highest BCUT2D eigenvalue weighted by atomic mass is 14.9. The lowest BCUT2D eigenvalue weighted by Crippen LogP contribution is -2.42. The molecule has 1 aliphatic rings. The fourth-order valence-corrected chi connectivity index (χ4v) is 2.34. The van der Waals surface area contributed by atoms with Crippen molar-refractivity contribution in [3.8, 4) is 0 Å². The van der Waals surface area contributed by atoms with E-state index in [2.05, 4.69) is 26.1 Å². The summed E-state index contributed by atoms with van der Waals surface area (Å²) in [5.41, 5.74) is 0.625. The van der Waals surface area contributed by atoms with Crippen LogP contribution in [0.2, 0.25) is 0 Å². The average molecular weight is 183 g/mol. The Kier molecular flexibility index (Phi) is 4.24. The Morgan fingerprint density at radius 3 is 2.77 bits per heavy atom. The van der Waals surface area contributed by atoms with Crippen LogP contribution in [-0.4, -0.2) is 13.1 Å². The molecule has 78 valence electrons. The van der Waals surface area contributed by atoms with E-state index in [1.165, 1.54) is 45.2 Å². The van der Waals surface area contributed by atoms with Crippen LogP contribution in [0.15, 0.2) is 0 Å². The Labute approximate surface area is 83.3 Å². The third kappa shape index (κ3) is 2.98. The predicted octanol–water partition coefficient (Wildman–Crippen LogP) is 3.20. The standard InChI is InChI=1S/C12H25N/c1-4-5-6-7-12(3)8-9-13-10-11(12)2/h11,13H,4-10H2,1-3H3. The van der Waals surface area contributed by atoms with Crippen LogP contribution in [-0.2, 0) is 0 Å². The van der Waals surface area contributed by atoms with Crippen LogP contribution in [0, 0.1) is 11.3 Å². The number of nitrogens with one attached hydrogen (secondary N) is 1. The van der Waals surface area contributed by atoms with Crippen LogP contribution in [0.25, 0.3) is 0 Å². The van der Waals surface area contributed by atoms with Gasteiger partial charge in [-0.2, -0.15) is 0 Å². The molecular formula is C12H25N. The van der Waals surface area contributed by atoms with Gasteiger partial charge in [0.25, 0.3) is 0 Å². The van der Waals surface area contributed by atoms with Gasteiger partial charge < -0.3 is 5.32 Å². The van der Waals surface area contributed by atoms with Crippen molar-refractivity contribution in [3.05, 3.63) is 0 Å². The lowest BCUT2D eigenvalue weighted by molar-refractivity contribution is 0.127. The molecule has 0 bridgehead atoms. The monoisotopic (exact) mass is 183 g/mol. The molecule has 1 nitrogen and oxygen atoms in total. The van der Waals surface area contributed by atoms with Gasteiger partial charge in [0.15, 0.2) is 0 Å². The summed E-state index contributed by atoms with van der Waals surface area (Å²) in [6.07, 6.45) is 7.00. The first-order valence-corrected chi connectivity index (χ1v) is 5.90. The van der Waals surface area contributed by atoms with Crippen molar-refractivity contribution in [1.29, 1.82) is 0 Å². The van der Waals surface area contributed by atoms with Crippen LogP contribution >= 0.6 is 0 Å². The first-order chi connectivity index (χ1) is 6.19. The lowest BCUT2D eigenvalue weighted by Gasteiger charge is -2.40. The Hall–Kier alpha value is -0.0400. The van der Waals surface area contributed by atoms with Gasteiger partial charge in [0.05, 0.1) is 0 Å². The fraction of sp³-hybridized carbons (Fsp3) is 1.00. The maximum absolute atomic E-state index is 3.48. The van der Waals surface area contributed by atoms with Gasteiger partial charge in [-0.25, -0.2) is 0 Å². The Morgan fingerprint density at radius 1 is 1.38 bits per heavy atom. The highest BCUT2D eigenvalue weighted by Gasteiger charge is 2.32. The highest BCUT2D eigenvalue weighted by molar-refractivity contribution is 4.85. The summed E-state index contributed by atoms with van der Waals surface area (Å²) in [5.74, 6) is 0.859. The molecule has 0 aromatic rings. The molecule has 1 N–H and O–H groups in total. The van der Waals surface area contributed by atoms with E-state index in [0.29, 0.717) is 5.41 Å². The number of hydrogen-bond acceptors (Lipinski definition) is 1. The molecule has 1 heteroatoms. The maximum atomic E-state index is 3.48. The van der Waals surface area contributed by atoms with E-state index in [-0.39, 0.29) is 0 Å². The van der Waals surface area contributed by atoms with E-state index < -0.39 is 0 Å². The summed E-state index contributed by atoms with van der Waals surface area (Å²) in [7, 11) is 0. The minimum absolute atomic E-state index is 0.625. The SMILES string of the molecule is CCCCCC1(C)CCNCC1C. The van der Waals surface area contributed by atoms with Crippen molar-refractivity contribution < 1.29 is 0 Å². The molecule has 2 atom stereocenters. The van der Waals surface area contributed by atoms with E-state index in [0.717, 1.165) is 5.92 Å². The molecule has 0 radical (unpaired) electrons. The summed E-state index contributed by atoms with van der Waals surface area (Å²) in [5, 5.41) is 3.48. The summed E-state index contributed by atoms with van der Waals surface area (Å²) in [4.78, 5) is 0. The van der Waals surface area contributed by atoms with Crippen molar-refractivity contribution in [3.63, 3.8) is 0 Å². The molecule has 1 rings (SSSR count). The number of rotatable bonds is 4. The fourth-order valence-electron chi connectivity index (χ4n) is 2.34. The van der Waals surface area contributed by atoms with Gasteiger partial charge >= 0.3 is 0 Å². The number of piperidine rings is 1. The Bertz CT molecular complexity index is 144. The average Bonchev–Trinajstić information content (AvgIpc) is 2.11. The molecule has 1 fully saturated rings. The van der Waals surface area contributed by atoms with E-state index in [9.17, 15) is 0 Å². The van der Waals surface area contributed by atoms with E-state index >= 15 is 0 Å². The minimum Gasteiger partial charge on any atom is -0.316 e. The first kappa shape index (κ1) is 11.0. The van der Waals surface area contributed by atoms with Gasteiger partial charge in [0.2, 0.25) is 0 Å². The van der Waals surface area contributed by atoms with Gasteiger partial charge in [-0.05, 0) is 37.3 Å². The summed E-state index contributed by atoms with van der Waals surface area (Å²) < 4.78 is 0. The molecule has 1 saturated heterocycles. The topological polar surface area (TPSA) is 12.0 Å². The zero-order valence-electron chi connectivity index (χ0n) is 9.53. The Balaban J connectivity index is 2.33. The quantitative estimate of drug-likeness (QED) is 0.660. The second-order valence-electron chi connectivity index (χ2n) is 4.97. The van der Waals surface area contributed by atoms with Crippen molar-refractivity contribution in [2.75, 3.05) is 13.1 Å². The molecule has 1 heterocycles. The lowest BCUT2D eigenvalue weighted by atomic mass is 9.70. The molecule has 0 aromatic carbocycles. The first-order valence-electron chi connectivity index (χ1n) is 5.90. The molecule has 0 amide bonds. The smallest absolute Gasteiger partial charge is 0.00179 e. The van der Waals surface area contributed by atoms with Gasteiger partial charge in [0.1, 0.15) is 0 Å². The van der Waals surface area contributed by atoms with E-state index in [1.54, 1.807) is 0 Å². The van der Waals surface area contributed by atoms with Crippen molar-refractivity contribution >= 4 is 0 Å². The zero-order valence-corrected chi connectivity index (χ0v) is 9.53. The predicted molar refractivity (Wildman–Crippen MR) is 58.9 cm³/mol. The van der Waals surface area contributed by atoms with Crippen LogP contribution in [0.1, 0.15) is 52.9 Å².